The molecule has 0 bridgehead atoms. The molecule has 1 fully saturated rings. The fourth-order valence-electron chi connectivity index (χ4n) is 3.39. The van der Waals surface area contributed by atoms with Crippen LogP contribution in [0.1, 0.15) is 34.1 Å². The fourth-order valence-corrected chi connectivity index (χ4v) is 6.04. The van der Waals surface area contributed by atoms with Gasteiger partial charge in [0.15, 0.2) is 9.84 Å². The van der Waals surface area contributed by atoms with Crippen molar-refractivity contribution in [1.82, 2.24) is 4.90 Å². The molecule has 0 aromatic rings. The van der Waals surface area contributed by atoms with Crippen molar-refractivity contribution in [1.29, 1.82) is 0 Å². The van der Waals surface area contributed by atoms with Gasteiger partial charge in [-0.05, 0) is 39.3 Å². The summed E-state index contributed by atoms with van der Waals surface area (Å²) in [5.41, 5.74) is 0. The molecular weight excluding hydrogens is 234 g/mol. The molecule has 4 heteroatoms. The van der Waals surface area contributed by atoms with Gasteiger partial charge in [-0.1, -0.05) is 26.0 Å². The van der Waals surface area contributed by atoms with Crippen molar-refractivity contribution < 1.29 is 8.42 Å². The highest BCUT2D eigenvalue weighted by Gasteiger charge is 2.64. The predicted molar refractivity (Wildman–Crippen MR) is 70.7 cm³/mol. The van der Waals surface area contributed by atoms with E-state index in [9.17, 15) is 8.42 Å². The quantitative estimate of drug-likeness (QED) is 0.724. The highest BCUT2D eigenvalue weighted by Crippen LogP contribution is 2.51. The maximum atomic E-state index is 12.4. The summed E-state index contributed by atoms with van der Waals surface area (Å²) >= 11 is 0. The summed E-state index contributed by atoms with van der Waals surface area (Å²) in [6.45, 7) is 9.76. The molecule has 1 aliphatic carbocycles. The lowest BCUT2D eigenvalue weighted by Crippen LogP contribution is -2.69. The maximum Gasteiger partial charge on any atom is 0.160 e. The van der Waals surface area contributed by atoms with Gasteiger partial charge in [-0.25, -0.2) is 8.42 Å². The first-order chi connectivity index (χ1) is 7.87. The van der Waals surface area contributed by atoms with Crippen LogP contribution in [0.3, 0.4) is 0 Å². The molecule has 1 aliphatic heterocycles. The first-order valence-electron chi connectivity index (χ1n) is 6.52. The van der Waals surface area contributed by atoms with Gasteiger partial charge >= 0.3 is 0 Å². The van der Waals surface area contributed by atoms with E-state index in [2.05, 4.69) is 30.9 Å². The van der Waals surface area contributed by atoms with Crippen molar-refractivity contribution in [3.05, 3.63) is 12.2 Å². The van der Waals surface area contributed by atoms with Crippen LogP contribution in [0.25, 0.3) is 0 Å². The van der Waals surface area contributed by atoms with E-state index < -0.39 is 14.6 Å². The van der Waals surface area contributed by atoms with Gasteiger partial charge in [0.25, 0.3) is 0 Å². The SMILES string of the molecule is CCN(CC)C1C=CCC2C1S(=O)(=O)C2(C)C. The minimum absolute atomic E-state index is 0.0850. The van der Waals surface area contributed by atoms with Crippen molar-refractivity contribution in [3.8, 4) is 0 Å². The lowest BCUT2D eigenvalue weighted by atomic mass is 9.79. The van der Waals surface area contributed by atoms with Crippen LogP contribution in [0.5, 0.6) is 0 Å². The van der Waals surface area contributed by atoms with Crippen LogP contribution in [0, 0.1) is 5.92 Å². The molecule has 3 unspecified atom stereocenters. The summed E-state index contributed by atoms with van der Waals surface area (Å²) in [6.07, 6.45) is 5.18. The molecule has 17 heavy (non-hydrogen) atoms. The van der Waals surface area contributed by atoms with Crippen molar-refractivity contribution in [2.45, 2.75) is 50.2 Å². The lowest BCUT2D eigenvalue weighted by Gasteiger charge is -2.55. The summed E-state index contributed by atoms with van der Waals surface area (Å²) in [4.78, 5) is 2.25. The molecule has 0 amide bonds. The van der Waals surface area contributed by atoms with E-state index in [-0.39, 0.29) is 11.3 Å². The molecule has 1 saturated heterocycles. The van der Waals surface area contributed by atoms with Crippen LogP contribution in [0.15, 0.2) is 12.2 Å². The van der Waals surface area contributed by atoms with Gasteiger partial charge in [-0.3, -0.25) is 4.90 Å². The van der Waals surface area contributed by atoms with Crippen LogP contribution in [-0.2, 0) is 9.84 Å². The molecule has 1 heterocycles. The molecule has 2 rings (SSSR count). The standard InChI is InChI=1S/C13H23NO2S/c1-5-14(6-2)11-9-7-8-10-12(11)17(15,16)13(10,3)4/h7,9-12H,5-6,8H2,1-4H3. The first kappa shape index (κ1) is 13.1. The summed E-state index contributed by atoms with van der Waals surface area (Å²) in [5, 5.41) is -0.178. The molecule has 0 aromatic carbocycles. The zero-order valence-corrected chi connectivity index (χ0v) is 12.0. The van der Waals surface area contributed by atoms with Gasteiger partial charge in [-0.15, -0.1) is 0 Å². The number of nitrogens with zero attached hydrogens (tertiary/aromatic N) is 1. The largest absolute Gasteiger partial charge is 0.296 e. The van der Waals surface area contributed by atoms with Gasteiger partial charge in [0.1, 0.15) is 0 Å². The summed E-state index contributed by atoms with van der Waals surface area (Å²) in [6, 6.07) is 0.0850. The Bertz CT molecular complexity index is 421. The summed E-state index contributed by atoms with van der Waals surface area (Å²) in [5.74, 6) is 0.295. The van der Waals surface area contributed by atoms with E-state index in [0.717, 1.165) is 19.5 Å². The van der Waals surface area contributed by atoms with Gasteiger partial charge in [0, 0.05) is 6.04 Å². The third-order valence-corrected chi connectivity index (χ3v) is 7.77. The number of hydrogen-bond donors (Lipinski definition) is 0. The van der Waals surface area contributed by atoms with Crippen LogP contribution < -0.4 is 0 Å². The molecule has 0 saturated carbocycles. The van der Waals surface area contributed by atoms with Gasteiger partial charge in [0.2, 0.25) is 0 Å². The molecule has 0 N–H and O–H groups in total. The van der Waals surface area contributed by atoms with Crippen LogP contribution in [0.4, 0.5) is 0 Å². The van der Waals surface area contributed by atoms with Crippen molar-refractivity contribution in [2.75, 3.05) is 13.1 Å². The van der Waals surface area contributed by atoms with Crippen LogP contribution in [-0.4, -0.2) is 42.4 Å². The molecule has 3 nitrogen and oxygen atoms in total. The zero-order chi connectivity index (χ0) is 12.8. The molecule has 2 aliphatic rings. The third kappa shape index (κ3) is 1.60. The Kier molecular flexibility index (Phi) is 3.15. The number of allylic oxidation sites excluding steroid dienone is 1. The third-order valence-electron chi connectivity index (χ3n) is 4.68. The second-order valence-electron chi connectivity index (χ2n) is 5.60. The van der Waals surface area contributed by atoms with Gasteiger partial charge in [-0.2, -0.15) is 0 Å². The number of sulfone groups is 1. The Morgan fingerprint density at radius 3 is 2.41 bits per heavy atom. The van der Waals surface area contributed by atoms with E-state index in [1.807, 2.05) is 13.8 Å². The summed E-state index contributed by atoms with van der Waals surface area (Å²) in [7, 11) is -2.97. The topological polar surface area (TPSA) is 37.4 Å². The monoisotopic (exact) mass is 257 g/mol. The maximum absolute atomic E-state index is 12.4. The van der Waals surface area contributed by atoms with E-state index in [1.54, 1.807) is 0 Å². The highest BCUT2D eigenvalue weighted by molar-refractivity contribution is 7.95. The molecule has 0 aromatic heterocycles. The number of fused-ring (bicyclic) bond motifs is 1. The number of rotatable bonds is 3. The molecular formula is C13H23NO2S. The Morgan fingerprint density at radius 1 is 1.29 bits per heavy atom. The fraction of sp³-hybridized carbons (Fsp3) is 0.846. The number of hydrogen-bond acceptors (Lipinski definition) is 3. The Labute approximate surface area is 105 Å². The minimum Gasteiger partial charge on any atom is -0.296 e. The van der Waals surface area contributed by atoms with Gasteiger partial charge in [0.05, 0.1) is 10.00 Å². The lowest BCUT2D eigenvalue weighted by molar-refractivity contribution is 0.176. The van der Waals surface area contributed by atoms with E-state index >= 15 is 0 Å². The van der Waals surface area contributed by atoms with Crippen molar-refractivity contribution in [2.24, 2.45) is 5.92 Å². The Morgan fingerprint density at radius 2 is 1.88 bits per heavy atom. The molecule has 0 radical (unpaired) electrons. The van der Waals surface area contributed by atoms with E-state index in [1.165, 1.54) is 0 Å². The smallest absolute Gasteiger partial charge is 0.160 e. The average molecular weight is 257 g/mol. The summed E-state index contributed by atoms with van der Waals surface area (Å²) < 4.78 is 24.2. The Balaban J connectivity index is 2.34. The normalized spacial score (nSPS) is 37.6. The predicted octanol–water partition coefficient (Wildman–Crippen LogP) is 1.85. The molecule has 98 valence electrons. The van der Waals surface area contributed by atoms with Crippen molar-refractivity contribution in [3.63, 3.8) is 0 Å². The zero-order valence-electron chi connectivity index (χ0n) is 11.2. The van der Waals surface area contributed by atoms with Gasteiger partial charge < -0.3 is 0 Å². The number of likely N-dealkylation sites (N-methyl/N-ethyl adjacent to an activating group) is 1. The van der Waals surface area contributed by atoms with E-state index in [0.29, 0.717) is 5.92 Å². The second-order valence-corrected chi connectivity index (χ2v) is 8.28. The Hall–Kier alpha value is -0.350. The average Bonchev–Trinajstić information content (AvgIpc) is 2.30. The van der Waals surface area contributed by atoms with Crippen LogP contribution in [0.2, 0.25) is 0 Å². The minimum atomic E-state index is -2.97. The first-order valence-corrected chi connectivity index (χ1v) is 8.06. The molecule has 3 atom stereocenters. The van der Waals surface area contributed by atoms with E-state index in [4.69, 9.17) is 0 Å². The second kappa shape index (κ2) is 4.09. The van der Waals surface area contributed by atoms with Crippen molar-refractivity contribution >= 4 is 9.84 Å². The molecule has 0 spiro atoms. The highest BCUT2D eigenvalue weighted by atomic mass is 32.2. The van der Waals surface area contributed by atoms with Crippen LogP contribution >= 0.6 is 0 Å².